The summed E-state index contributed by atoms with van der Waals surface area (Å²) in [7, 11) is 0. The molecule has 1 N–H and O–H groups in total. The Balaban J connectivity index is 1.45. The number of aryl methyl sites for hydroxylation is 2. The molecule has 1 aliphatic heterocycles. The van der Waals surface area contributed by atoms with Gasteiger partial charge in [-0.15, -0.1) is 0 Å². The molecular formula is C24H28F3N3O3. The van der Waals surface area contributed by atoms with Crippen LogP contribution < -0.4 is 0 Å². The Morgan fingerprint density at radius 3 is 2.42 bits per heavy atom. The fourth-order valence-corrected chi connectivity index (χ4v) is 4.98. The van der Waals surface area contributed by atoms with Crippen LogP contribution >= 0.6 is 0 Å². The third kappa shape index (κ3) is 5.39. The van der Waals surface area contributed by atoms with Crippen molar-refractivity contribution in [3.05, 3.63) is 52.8 Å². The van der Waals surface area contributed by atoms with E-state index >= 15 is 0 Å². The number of fused-ring (bicyclic) bond motifs is 1. The highest BCUT2D eigenvalue weighted by Gasteiger charge is 2.41. The SMILES string of the molecule is O=C(C[C@H]1CC[C@H](C(=O)O)CC1)N1CCc2c(C(F)(F)F)nn(CCc3ccccc3)c2C1. The van der Waals surface area contributed by atoms with E-state index in [-0.39, 0.29) is 42.8 Å². The van der Waals surface area contributed by atoms with Crippen LogP contribution in [0.3, 0.4) is 0 Å². The van der Waals surface area contributed by atoms with E-state index in [9.17, 15) is 22.8 Å². The number of aliphatic carboxylic acids is 1. The van der Waals surface area contributed by atoms with Crippen LogP contribution in [0.4, 0.5) is 13.2 Å². The summed E-state index contributed by atoms with van der Waals surface area (Å²) in [6.45, 7) is 0.671. The summed E-state index contributed by atoms with van der Waals surface area (Å²) < 4.78 is 42.2. The summed E-state index contributed by atoms with van der Waals surface area (Å²) in [5.41, 5.74) is 0.828. The van der Waals surface area contributed by atoms with Gasteiger partial charge in [-0.3, -0.25) is 14.3 Å². The number of carboxylic acids is 1. The number of carboxylic acid groups (broad SMARTS) is 1. The fourth-order valence-electron chi connectivity index (χ4n) is 4.98. The molecule has 1 fully saturated rings. The van der Waals surface area contributed by atoms with Crippen molar-refractivity contribution in [1.82, 2.24) is 14.7 Å². The highest BCUT2D eigenvalue weighted by atomic mass is 19.4. The first-order valence-electron chi connectivity index (χ1n) is 11.4. The molecule has 178 valence electrons. The number of amides is 1. The molecule has 2 heterocycles. The van der Waals surface area contributed by atoms with Gasteiger partial charge in [-0.05, 0) is 50.0 Å². The minimum absolute atomic E-state index is 0.0798. The lowest BCUT2D eigenvalue weighted by Crippen LogP contribution is -2.38. The lowest BCUT2D eigenvalue weighted by atomic mass is 9.80. The molecule has 0 radical (unpaired) electrons. The maximum absolute atomic E-state index is 13.6. The van der Waals surface area contributed by atoms with E-state index in [0.717, 1.165) is 5.56 Å². The van der Waals surface area contributed by atoms with Gasteiger partial charge in [0, 0.05) is 25.1 Å². The molecule has 9 heteroatoms. The number of hydrogen-bond acceptors (Lipinski definition) is 3. The van der Waals surface area contributed by atoms with Gasteiger partial charge in [0.15, 0.2) is 5.69 Å². The summed E-state index contributed by atoms with van der Waals surface area (Å²) in [6.07, 6.45) is -1.02. The van der Waals surface area contributed by atoms with Crippen molar-refractivity contribution in [2.24, 2.45) is 11.8 Å². The summed E-state index contributed by atoms with van der Waals surface area (Å²) >= 11 is 0. The maximum Gasteiger partial charge on any atom is 0.435 e. The summed E-state index contributed by atoms with van der Waals surface area (Å²) in [5.74, 6) is -1.08. The Kier molecular flexibility index (Phi) is 6.76. The smallest absolute Gasteiger partial charge is 0.435 e. The van der Waals surface area contributed by atoms with Gasteiger partial charge in [-0.2, -0.15) is 18.3 Å². The van der Waals surface area contributed by atoms with E-state index in [1.807, 2.05) is 30.3 Å². The second kappa shape index (κ2) is 9.57. The molecule has 0 spiro atoms. The molecule has 4 rings (SSSR count). The number of halogens is 3. The van der Waals surface area contributed by atoms with Crippen molar-refractivity contribution in [3.8, 4) is 0 Å². The van der Waals surface area contributed by atoms with E-state index in [0.29, 0.717) is 50.8 Å². The van der Waals surface area contributed by atoms with Crippen molar-refractivity contribution in [3.63, 3.8) is 0 Å². The predicted molar refractivity (Wildman–Crippen MR) is 114 cm³/mol. The first-order valence-corrected chi connectivity index (χ1v) is 11.4. The van der Waals surface area contributed by atoms with E-state index in [4.69, 9.17) is 5.11 Å². The van der Waals surface area contributed by atoms with Gasteiger partial charge in [0.25, 0.3) is 0 Å². The number of carbonyl (C=O) groups is 2. The first kappa shape index (κ1) is 23.3. The molecular weight excluding hydrogens is 435 g/mol. The monoisotopic (exact) mass is 463 g/mol. The van der Waals surface area contributed by atoms with Crippen LogP contribution in [0.25, 0.3) is 0 Å². The van der Waals surface area contributed by atoms with Crippen molar-refractivity contribution in [2.45, 2.75) is 64.2 Å². The van der Waals surface area contributed by atoms with E-state index in [1.165, 1.54) is 4.68 Å². The summed E-state index contributed by atoms with van der Waals surface area (Å²) in [5, 5.41) is 13.1. The minimum Gasteiger partial charge on any atom is -0.481 e. The topological polar surface area (TPSA) is 75.4 Å². The Hall–Kier alpha value is -2.84. The van der Waals surface area contributed by atoms with E-state index in [1.54, 1.807) is 4.90 Å². The molecule has 0 atom stereocenters. The Morgan fingerprint density at radius 2 is 1.79 bits per heavy atom. The summed E-state index contributed by atoms with van der Waals surface area (Å²) in [4.78, 5) is 25.7. The maximum atomic E-state index is 13.6. The van der Waals surface area contributed by atoms with E-state index < -0.39 is 17.8 Å². The second-order valence-electron chi connectivity index (χ2n) is 9.06. The zero-order chi connectivity index (χ0) is 23.6. The highest BCUT2D eigenvalue weighted by Crippen LogP contribution is 2.36. The Morgan fingerprint density at radius 1 is 1.09 bits per heavy atom. The lowest BCUT2D eigenvalue weighted by Gasteiger charge is -2.31. The molecule has 1 aliphatic carbocycles. The quantitative estimate of drug-likeness (QED) is 0.693. The van der Waals surface area contributed by atoms with Crippen LogP contribution in [0.5, 0.6) is 0 Å². The normalized spacial score (nSPS) is 21.0. The number of carbonyl (C=O) groups excluding carboxylic acids is 1. The molecule has 1 aromatic heterocycles. The Bertz CT molecular complexity index is 996. The number of benzene rings is 1. The van der Waals surface area contributed by atoms with Gasteiger partial charge in [0.05, 0.1) is 18.2 Å². The van der Waals surface area contributed by atoms with Crippen LogP contribution in [-0.2, 0) is 41.7 Å². The van der Waals surface area contributed by atoms with Crippen molar-refractivity contribution < 1.29 is 27.9 Å². The van der Waals surface area contributed by atoms with Crippen LogP contribution in [0, 0.1) is 11.8 Å². The van der Waals surface area contributed by atoms with E-state index in [2.05, 4.69) is 5.10 Å². The van der Waals surface area contributed by atoms with Gasteiger partial charge in [0.1, 0.15) is 0 Å². The third-order valence-electron chi connectivity index (χ3n) is 6.87. The fraction of sp³-hybridized carbons (Fsp3) is 0.542. The zero-order valence-corrected chi connectivity index (χ0v) is 18.4. The highest BCUT2D eigenvalue weighted by molar-refractivity contribution is 5.77. The zero-order valence-electron chi connectivity index (χ0n) is 18.4. The molecule has 1 aromatic carbocycles. The molecule has 2 aliphatic rings. The average molecular weight is 464 g/mol. The van der Waals surface area contributed by atoms with Gasteiger partial charge >= 0.3 is 12.1 Å². The van der Waals surface area contributed by atoms with Crippen molar-refractivity contribution in [2.75, 3.05) is 6.54 Å². The number of rotatable bonds is 6. The predicted octanol–water partition coefficient (Wildman–Crippen LogP) is 4.31. The van der Waals surface area contributed by atoms with Gasteiger partial charge in [-0.1, -0.05) is 30.3 Å². The standard InChI is InChI=1S/C24H28F3N3O3/c25-24(26,27)22-19-11-12-29(21(31)14-17-6-8-18(9-7-17)23(32)33)15-20(19)30(28-22)13-10-16-4-2-1-3-5-16/h1-5,17-18H,6-15H2,(H,32,33)/t17-,18-. The number of nitrogens with zero attached hydrogens (tertiary/aromatic N) is 3. The molecule has 6 nitrogen and oxygen atoms in total. The van der Waals surface area contributed by atoms with Crippen LogP contribution in [0.15, 0.2) is 30.3 Å². The number of hydrogen-bond donors (Lipinski definition) is 1. The Labute approximate surface area is 190 Å². The first-order chi connectivity index (χ1) is 15.7. The number of alkyl halides is 3. The van der Waals surface area contributed by atoms with Crippen molar-refractivity contribution >= 4 is 11.9 Å². The molecule has 0 bridgehead atoms. The number of aromatic nitrogens is 2. The van der Waals surface area contributed by atoms with Crippen LogP contribution in [0.1, 0.15) is 54.6 Å². The molecule has 1 saturated carbocycles. The molecule has 0 saturated heterocycles. The average Bonchev–Trinajstić information content (AvgIpc) is 3.17. The molecule has 2 aromatic rings. The lowest BCUT2D eigenvalue weighted by molar-refractivity contribution is -0.143. The van der Waals surface area contributed by atoms with Crippen LogP contribution in [0.2, 0.25) is 0 Å². The summed E-state index contributed by atoms with van der Waals surface area (Å²) in [6, 6.07) is 9.52. The molecule has 0 unspecified atom stereocenters. The van der Waals surface area contributed by atoms with Gasteiger partial charge in [0.2, 0.25) is 5.91 Å². The van der Waals surface area contributed by atoms with Crippen LogP contribution in [-0.4, -0.2) is 38.2 Å². The van der Waals surface area contributed by atoms with Gasteiger partial charge < -0.3 is 10.0 Å². The third-order valence-corrected chi connectivity index (χ3v) is 6.87. The van der Waals surface area contributed by atoms with Gasteiger partial charge in [-0.25, -0.2) is 0 Å². The molecule has 1 amide bonds. The largest absolute Gasteiger partial charge is 0.481 e. The van der Waals surface area contributed by atoms with Crippen molar-refractivity contribution in [1.29, 1.82) is 0 Å². The minimum atomic E-state index is -4.53. The second-order valence-corrected chi connectivity index (χ2v) is 9.06. The molecule has 33 heavy (non-hydrogen) atoms.